The highest BCUT2D eigenvalue weighted by molar-refractivity contribution is 7.26. The molecule has 19 heavy (non-hydrogen) atoms. The lowest BCUT2D eigenvalue weighted by Gasteiger charge is -2.43. The van der Waals surface area contributed by atoms with E-state index in [4.69, 9.17) is 9.31 Å². The van der Waals surface area contributed by atoms with E-state index in [9.17, 15) is 0 Å². The van der Waals surface area contributed by atoms with Crippen molar-refractivity contribution in [1.82, 2.24) is 4.57 Å². The van der Waals surface area contributed by atoms with Crippen LogP contribution in [0.1, 0.15) is 55.4 Å². The maximum atomic E-state index is 6.31. The van der Waals surface area contributed by atoms with Gasteiger partial charge in [-0.05, 0) is 39.8 Å². The third-order valence-electron chi connectivity index (χ3n) is 4.61. The van der Waals surface area contributed by atoms with Crippen molar-refractivity contribution in [3.8, 4) is 0 Å². The number of hydrogen-bond donors (Lipinski definition) is 0. The zero-order valence-electron chi connectivity index (χ0n) is 14.5. The van der Waals surface area contributed by atoms with Gasteiger partial charge in [-0.15, -0.1) is 0 Å². The molecule has 0 bridgehead atoms. The predicted octanol–water partition coefficient (Wildman–Crippen LogP) is 3.48. The highest BCUT2D eigenvalue weighted by atomic mass is 28.3. The Morgan fingerprint density at radius 3 is 1.42 bits per heavy atom. The maximum absolute atomic E-state index is 6.31. The minimum absolute atomic E-state index is 0.0673. The Morgan fingerprint density at radius 2 is 1.16 bits per heavy atom. The summed E-state index contributed by atoms with van der Waals surface area (Å²) < 4.78 is 15.2. The molecule has 0 atom stereocenters. The van der Waals surface area contributed by atoms with E-state index < -0.39 is 8.11 Å². The van der Waals surface area contributed by atoms with Gasteiger partial charge < -0.3 is 13.9 Å². The lowest BCUT2D eigenvalue weighted by atomic mass is 9.90. The zero-order valence-corrected chi connectivity index (χ0v) is 15.5. The van der Waals surface area contributed by atoms with Crippen LogP contribution >= 0.6 is 0 Å². The molecule has 0 N–H and O–H groups in total. The summed E-state index contributed by atoms with van der Waals surface area (Å²) in [5.41, 5.74) is -0.469. The van der Waals surface area contributed by atoms with Gasteiger partial charge in [0.25, 0.3) is 0 Å². The van der Waals surface area contributed by atoms with Crippen molar-refractivity contribution in [2.75, 3.05) is 0 Å². The fraction of sp³-hybridized carbons (Fsp3) is 1.00. The Bertz CT molecular complexity index is 305. The largest absolute Gasteiger partial charge is 0.452 e. The second-order valence-electron chi connectivity index (χ2n) is 7.84. The molecule has 0 spiro atoms. The van der Waals surface area contributed by atoms with Crippen LogP contribution in [0.25, 0.3) is 0 Å². The van der Waals surface area contributed by atoms with Gasteiger partial charge in [-0.25, -0.2) is 0 Å². The van der Waals surface area contributed by atoms with Crippen LogP contribution in [0, 0.1) is 0 Å². The molecule has 0 aromatic rings. The molecule has 1 rings (SSSR count). The molecule has 5 heteroatoms. The summed E-state index contributed by atoms with van der Waals surface area (Å²) in [6.07, 6.45) is 0. The summed E-state index contributed by atoms with van der Waals surface area (Å²) in [4.78, 5) is 0. The van der Waals surface area contributed by atoms with E-state index in [1.165, 1.54) is 0 Å². The minimum atomic E-state index is -1.81. The smallest absolute Gasteiger partial charge is 0.405 e. The van der Waals surface area contributed by atoms with Crippen LogP contribution in [0.4, 0.5) is 0 Å². The normalized spacial score (nSPS) is 22.9. The summed E-state index contributed by atoms with van der Waals surface area (Å²) in [6.45, 7) is 22.2. The first-order valence-electron chi connectivity index (χ1n) is 7.47. The summed E-state index contributed by atoms with van der Waals surface area (Å²) in [6, 6.07) is 1.03. The van der Waals surface area contributed by atoms with E-state index in [0.29, 0.717) is 12.1 Å². The number of nitrogens with zero attached hydrogens (tertiary/aromatic N) is 1. The second-order valence-corrected chi connectivity index (χ2v) is 12.1. The van der Waals surface area contributed by atoms with Gasteiger partial charge in [0, 0.05) is 0 Å². The Kier molecular flexibility index (Phi) is 4.69. The molecule has 0 unspecified atom stereocenters. The lowest BCUT2D eigenvalue weighted by Crippen LogP contribution is -2.65. The first-order valence-corrected chi connectivity index (χ1v) is 10.5. The molecule has 1 fully saturated rings. The second kappa shape index (κ2) is 5.17. The summed E-state index contributed by atoms with van der Waals surface area (Å²) in [7, 11) is -1.81. The van der Waals surface area contributed by atoms with Gasteiger partial charge in [-0.1, -0.05) is 40.8 Å². The van der Waals surface area contributed by atoms with Crippen LogP contribution in [0.2, 0.25) is 13.1 Å². The van der Waals surface area contributed by atoms with Crippen LogP contribution in [0.3, 0.4) is 0 Å². The highest BCUT2D eigenvalue weighted by Gasteiger charge is 2.59. The van der Waals surface area contributed by atoms with Gasteiger partial charge in [0.05, 0.1) is 11.2 Å². The Morgan fingerprint density at radius 1 is 0.842 bits per heavy atom. The molecule has 1 saturated heterocycles. The van der Waals surface area contributed by atoms with E-state index in [2.05, 4.69) is 73.0 Å². The molecular formula is C14H32BNO2Si. The summed E-state index contributed by atoms with van der Waals surface area (Å²) in [5.74, 6) is 0. The van der Waals surface area contributed by atoms with Gasteiger partial charge in [0.15, 0.2) is 8.11 Å². The van der Waals surface area contributed by atoms with E-state index in [-0.39, 0.29) is 17.9 Å². The molecule has 3 nitrogen and oxygen atoms in total. The molecule has 0 aromatic heterocycles. The van der Waals surface area contributed by atoms with Crippen molar-refractivity contribution in [3.05, 3.63) is 0 Å². The van der Waals surface area contributed by atoms with Crippen LogP contribution in [-0.4, -0.2) is 42.7 Å². The first-order chi connectivity index (χ1) is 8.33. The Labute approximate surface area is 121 Å². The van der Waals surface area contributed by atoms with Crippen LogP contribution in [-0.2, 0) is 9.31 Å². The Balaban J connectivity index is 3.02. The van der Waals surface area contributed by atoms with Crippen molar-refractivity contribution in [2.24, 2.45) is 0 Å². The van der Waals surface area contributed by atoms with Gasteiger partial charge in [-0.3, -0.25) is 0 Å². The predicted molar refractivity (Wildman–Crippen MR) is 85.7 cm³/mol. The van der Waals surface area contributed by atoms with Gasteiger partial charge in [0.1, 0.15) is 0 Å². The van der Waals surface area contributed by atoms with E-state index in [1.807, 2.05) is 0 Å². The van der Waals surface area contributed by atoms with Crippen LogP contribution in [0.15, 0.2) is 0 Å². The van der Waals surface area contributed by atoms with Crippen molar-refractivity contribution in [2.45, 2.75) is 91.8 Å². The monoisotopic (exact) mass is 285 g/mol. The molecule has 1 aliphatic heterocycles. The molecule has 0 amide bonds. The molecule has 0 aliphatic carbocycles. The van der Waals surface area contributed by atoms with Crippen LogP contribution in [0.5, 0.6) is 0 Å². The lowest BCUT2D eigenvalue weighted by molar-refractivity contribution is 0.00578. The highest BCUT2D eigenvalue weighted by Crippen LogP contribution is 2.40. The van der Waals surface area contributed by atoms with Crippen molar-refractivity contribution in [3.63, 3.8) is 0 Å². The van der Waals surface area contributed by atoms with E-state index in [1.54, 1.807) is 0 Å². The quantitative estimate of drug-likeness (QED) is 0.738. The van der Waals surface area contributed by atoms with Crippen molar-refractivity contribution >= 4 is 14.8 Å². The third kappa shape index (κ3) is 3.09. The van der Waals surface area contributed by atoms with Gasteiger partial charge in [-0.2, -0.15) is 0 Å². The Hall–Kier alpha value is 0.162. The zero-order chi connectivity index (χ0) is 15.2. The van der Waals surface area contributed by atoms with Gasteiger partial charge >= 0.3 is 6.71 Å². The van der Waals surface area contributed by atoms with Gasteiger partial charge in [0.2, 0.25) is 0 Å². The van der Waals surface area contributed by atoms with Crippen molar-refractivity contribution < 1.29 is 9.31 Å². The fourth-order valence-electron chi connectivity index (χ4n) is 3.18. The summed E-state index contributed by atoms with van der Waals surface area (Å²) in [5, 5.41) is 0. The molecule has 0 radical (unpaired) electrons. The molecule has 0 aromatic carbocycles. The third-order valence-corrected chi connectivity index (χ3v) is 8.36. The SMILES string of the molecule is CC(C)N(C(C)C)[Si](C)(C)B1OC(C)(C)C(C)(C)O1. The van der Waals surface area contributed by atoms with E-state index in [0.717, 1.165) is 0 Å². The first kappa shape index (κ1) is 17.2. The van der Waals surface area contributed by atoms with Crippen molar-refractivity contribution in [1.29, 1.82) is 0 Å². The molecular weight excluding hydrogens is 253 g/mol. The minimum Gasteiger partial charge on any atom is -0.405 e. The average molecular weight is 285 g/mol. The topological polar surface area (TPSA) is 21.7 Å². The molecule has 0 saturated carbocycles. The van der Waals surface area contributed by atoms with Crippen LogP contribution < -0.4 is 0 Å². The summed E-state index contributed by atoms with van der Waals surface area (Å²) >= 11 is 0. The standard InChI is InChI=1S/C14H32BNO2Si/c1-11(2)16(12(3)4)19(9,10)15-17-13(5,6)14(7,8)18-15/h11-12H,1-10H3. The maximum Gasteiger partial charge on any atom is 0.452 e. The fourth-order valence-corrected chi connectivity index (χ4v) is 7.25. The molecule has 1 aliphatic rings. The number of hydrogen-bond acceptors (Lipinski definition) is 3. The molecule has 1 heterocycles. The number of rotatable bonds is 4. The van der Waals surface area contributed by atoms with E-state index >= 15 is 0 Å². The average Bonchev–Trinajstić information content (AvgIpc) is 2.33. The molecule has 112 valence electrons.